The first-order valence-electron chi connectivity index (χ1n) is 6.85. The average molecular weight is 278 g/mol. The minimum atomic E-state index is -2.87. The van der Waals surface area contributed by atoms with Crippen molar-refractivity contribution in [2.24, 2.45) is 5.73 Å². The molecule has 1 unspecified atom stereocenters. The normalized spacial score (nSPS) is 13.4. The average Bonchev–Trinajstić information content (AvgIpc) is 2.86. The summed E-state index contributed by atoms with van der Waals surface area (Å²) in [4.78, 5) is 0. The molecule has 0 bridgehead atoms. The van der Waals surface area contributed by atoms with Gasteiger partial charge in [-0.25, -0.2) is 0 Å². The van der Waals surface area contributed by atoms with Gasteiger partial charge in [-0.3, -0.25) is 0 Å². The lowest BCUT2D eigenvalue weighted by molar-refractivity contribution is -0.0221. The highest BCUT2D eigenvalue weighted by Gasteiger charge is 2.31. The summed E-state index contributed by atoms with van der Waals surface area (Å²) in [6.45, 7) is 1.67. The minimum absolute atomic E-state index is 0.0421. The molecule has 0 aliphatic carbocycles. The van der Waals surface area contributed by atoms with Crippen molar-refractivity contribution in [2.45, 2.75) is 38.3 Å². The number of hydrogen-bond acceptors (Lipinski definition) is 1. The van der Waals surface area contributed by atoms with E-state index in [4.69, 9.17) is 5.73 Å². The molecule has 0 fully saturated rings. The van der Waals surface area contributed by atoms with E-state index in [1.165, 1.54) is 16.7 Å². The molecule has 2 N–H and O–H groups in total. The molecular formula is C16H20F2N2. The Morgan fingerprint density at radius 2 is 1.90 bits per heavy atom. The molecule has 0 saturated heterocycles. The van der Waals surface area contributed by atoms with Crippen molar-refractivity contribution in [2.75, 3.05) is 0 Å². The van der Waals surface area contributed by atoms with E-state index in [1.54, 1.807) is 30.6 Å². The van der Waals surface area contributed by atoms with Gasteiger partial charge in [0.15, 0.2) is 0 Å². The van der Waals surface area contributed by atoms with Crippen LogP contribution in [-0.2, 0) is 18.9 Å². The van der Waals surface area contributed by atoms with E-state index in [1.807, 2.05) is 13.0 Å². The number of nitrogens with two attached hydrogens (primary N) is 1. The van der Waals surface area contributed by atoms with Crippen LogP contribution in [0.25, 0.3) is 0 Å². The number of nitrogens with zero attached hydrogens (tertiary/aromatic N) is 1. The van der Waals surface area contributed by atoms with Gasteiger partial charge in [0.2, 0.25) is 0 Å². The Labute approximate surface area is 118 Å². The highest BCUT2D eigenvalue weighted by molar-refractivity contribution is 5.20. The third kappa shape index (κ3) is 3.67. The van der Waals surface area contributed by atoms with Crippen LogP contribution in [0.3, 0.4) is 0 Å². The predicted molar refractivity (Wildman–Crippen MR) is 76.7 cm³/mol. The molecule has 1 aromatic carbocycles. The van der Waals surface area contributed by atoms with Gasteiger partial charge in [0, 0.05) is 24.0 Å². The number of rotatable bonds is 6. The van der Waals surface area contributed by atoms with Crippen molar-refractivity contribution in [1.82, 2.24) is 4.57 Å². The Morgan fingerprint density at radius 1 is 1.20 bits per heavy atom. The van der Waals surface area contributed by atoms with E-state index in [0.717, 1.165) is 18.4 Å². The summed E-state index contributed by atoms with van der Waals surface area (Å²) in [6, 6.07) is 9.85. The van der Waals surface area contributed by atoms with Crippen molar-refractivity contribution >= 4 is 0 Å². The van der Waals surface area contributed by atoms with E-state index in [9.17, 15) is 8.78 Å². The highest BCUT2D eigenvalue weighted by Crippen LogP contribution is 2.29. The first-order valence-corrected chi connectivity index (χ1v) is 6.85. The fourth-order valence-electron chi connectivity index (χ4n) is 2.16. The van der Waals surface area contributed by atoms with Crippen LogP contribution in [0.4, 0.5) is 8.78 Å². The molecule has 2 rings (SSSR count). The van der Waals surface area contributed by atoms with Crippen molar-refractivity contribution < 1.29 is 8.78 Å². The SMILES string of the molecule is CCC(N)Cc1ccn(CC(F)(F)c2ccccc2)c1. The monoisotopic (exact) mass is 278 g/mol. The predicted octanol–water partition coefficient (Wildman–Crippen LogP) is 3.56. The number of benzene rings is 1. The van der Waals surface area contributed by atoms with Gasteiger partial charge in [-0.2, -0.15) is 8.78 Å². The molecular weight excluding hydrogens is 258 g/mol. The zero-order chi connectivity index (χ0) is 14.6. The molecule has 0 amide bonds. The topological polar surface area (TPSA) is 30.9 Å². The Kier molecular flexibility index (Phi) is 4.55. The summed E-state index contributed by atoms with van der Waals surface area (Å²) in [5.74, 6) is -2.87. The Hall–Kier alpha value is -1.68. The molecule has 0 aliphatic rings. The summed E-state index contributed by atoms with van der Waals surface area (Å²) < 4.78 is 29.8. The van der Waals surface area contributed by atoms with Crippen molar-refractivity contribution in [1.29, 1.82) is 0 Å². The molecule has 108 valence electrons. The van der Waals surface area contributed by atoms with Crippen LogP contribution >= 0.6 is 0 Å². The smallest absolute Gasteiger partial charge is 0.290 e. The third-order valence-electron chi connectivity index (χ3n) is 3.41. The second-order valence-electron chi connectivity index (χ2n) is 5.14. The van der Waals surface area contributed by atoms with Crippen LogP contribution in [-0.4, -0.2) is 10.6 Å². The Balaban J connectivity index is 2.06. The van der Waals surface area contributed by atoms with Crippen molar-refractivity contribution in [3.8, 4) is 0 Å². The van der Waals surface area contributed by atoms with Crippen LogP contribution in [0.15, 0.2) is 48.8 Å². The molecule has 0 radical (unpaired) electrons. The summed E-state index contributed by atoms with van der Waals surface area (Å²) in [5, 5.41) is 0. The minimum Gasteiger partial charge on any atom is -0.348 e. The number of hydrogen-bond donors (Lipinski definition) is 1. The molecule has 2 aromatic rings. The van der Waals surface area contributed by atoms with E-state index < -0.39 is 5.92 Å². The molecule has 2 nitrogen and oxygen atoms in total. The van der Waals surface area contributed by atoms with Gasteiger partial charge in [-0.05, 0) is 24.5 Å². The summed E-state index contributed by atoms with van der Waals surface area (Å²) in [5.41, 5.74) is 6.92. The van der Waals surface area contributed by atoms with Crippen LogP contribution in [0, 0.1) is 0 Å². The third-order valence-corrected chi connectivity index (χ3v) is 3.41. The second kappa shape index (κ2) is 6.18. The molecule has 0 saturated carbocycles. The van der Waals surface area contributed by atoms with Crippen LogP contribution in [0.1, 0.15) is 24.5 Å². The highest BCUT2D eigenvalue weighted by atomic mass is 19.3. The van der Waals surface area contributed by atoms with Gasteiger partial charge < -0.3 is 10.3 Å². The van der Waals surface area contributed by atoms with Crippen LogP contribution in [0.2, 0.25) is 0 Å². The summed E-state index contributed by atoms with van der Waals surface area (Å²) in [6.07, 6.45) is 5.05. The first kappa shape index (κ1) is 14.7. The zero-order valence-electron chi connectivity index (χ0n) is 11.6. The fourth-order valence-corrected chi connectivity index (χ4v) is 2.16. The standard InChI is InChI=1S/C16H20F2N2/c1-2-15(19)10-13-8-9-20(11-13)12-16(17,18)14-6-4-3-5-7-14/h3-9,11,15H,2,10,12,19H2,1H3. The maximum absolute atomic E-state index is 14.1. The zero-order valence-corrected chi connectivity index (χ0v) is 11.6. The Morgan fingerprint density at radius 3 is 2.55 bits per heavy atom. The van der Waals surface area contributed by atoms with Crippen molar-refractivity contribution in [3.63, 3.8) is 0 Å². The number of halogens is 2. The van der Waals surface area contributed by atoms with Gasteiger partial charge in [0.1, 0.15) is 0 Å². The van der Waals surface area contributed by atoms with E-state index in [2.05, 4.69) is 0 Å². The summed E-state index contributed by atoms with van der Waals surface area (Å²) >= 11 is 0. The van der Waals surface area contributed by atoms with Gasteiger partial charge in [-0.1, -0.05) is 37.3 Å². The second-order valence-corrected chi connectivity index (χ2v) is 5.14. The van der Waals surface area contributed by atoms with E-state index in [-0.39, 0.29) is 18.2 Å². The first-order chi connectivity index (χ1) is 9.51. The molecule has 1 heterocycles. The van der Waals surface area contributed by atoms with E-state index in [0.29, 0.717) is 0 Å². The summed E-state index contributed by atoms with van der Waals surface area (Å²) in [7, 11) is 0. The number of alkyl halides is 2. The van der Waals surface area contributed by atoms with Gasteiger partial charge in [0.05, 0.1) is 6.54 Å². The van der Waals surface area contributed by atoms with E-state index >= 15 is 0 Å². The van der Waals surface area contributed by atoms with Crippen molar-refractivity contribution in [3.05, 3.63) is 59.9 Å². The molecule has 0 aliphatic heterocycles. The lowest BCUT2D eigenvalue weighted by atomic mass is 10.1. The molecule has 1 atom stereocenters. The molecule has 4 heteroatoms. The van der Waals surface area contributed by atoms with Gasteiger partial charge in [-0.15, -0.1) is 0 Å². The quantitative estimate of drug-likeness (QED) is 0.860. The van der Waals surface area contributed by atoms with Crippen LogP contribution < -0.4 is 5.73 Å². The lowest BCUT2D eigenvalue weighted by Gasteiger charge is -2.17. The largest absolute Gasteiger partial charge is 0.348 e. The number of aromatic nitrogens is 1. The fraction of sp³-hybridized carbons (Fsp3) is 0.375. The molecule has 20 heavy (non-hydrogen) atoms. The maximum atomic E-state index is 14.1. The maximum Gasteiger partial charge on any atom is 0.290 e. The van der Waals surface area contributed by atoms with Gasteiger partial charge in [0.25, 0.3) is 5.92 Å². The van der Waals surface area contributed by atoms with Crippen LogP contribution in [0.5, 0.6) is 0 Å². The Bertz CT molecular complexity index is 534. The molecule has 0 spiro atoms. The van der Waals surface area contributed by atoms with Gasteiger partial charge >= 0.3 is 0 Å². The lowest BCUT2D eigenvalue weighted by Crippen LogP contribution is -2.22. The molecule has 1 aromatic heterocycles.